The topological polar surface area (TPSA) is 12.5 Å². The highest BCUT2D eigenvalue weighted by Gasteiger charge is 2.24. The first-order valence-corrected chi connectivity index (χ1v) is 5.03. The van der Waals surface area contributed by atoms with Crippen molar-refractivity contribution >= 4 is 0 Å². The summed E-state index contributed by atoms with van der Waals surface area (Å²) in [7, 11) is 1.79. The monoisotopic (exact) mass is 181 g/mol. The minimum Gasteiger partial charge on any atom is -0.380 e. The lowest BCUT2D eigenvalue weighted by Gasteiger charge is -2.18. The van der Waals surface area contributed by atoms with Crippen LogP contribution in [-0.2, 0) is 4.74 Å². The number of hydrogen-bond acceptors (Lipinski definition) is 2. The third-order valence-electron chi connectivity index (χ3n) is 2.55. The lowest BCUT2D eigenvalue weighted by Crippen LogP contribution is -2.30. The molecule has 13 heavy (non-hydrogen) atoms. The summed E-state index contributed by atoms with van der Waals surface area (Å²) in [6.07, 6.45) is 2.52. The van der Waals surface area contributed by atoms with Crippen LogP contribution in [0.2, 0.25) is 0 Å². The summed E-state index contributed by atoms with van der Waals surface area (Å²) in [6.45, 7) is 6.41. The second kappa shape index (κ2) is 5.26. The molecule has 0 aliphatic carbocycles. The van der Waals surface area contributed by atoms with Crippen molar-refractivity contribution in [2.45, 2.75) is 38.8 Å². The lowest BCUT2D eigenvalue weighted by atomic mass is 10.3. The third kappa shape index (κ3) is 3.02. The molecular weight excluding hydrogens is 162 g/mol. The van der Waals surface area contributed by atoms with E-state index in [4.69, 9.17) is 4.74 Å². The van der Waals surface area contributed by atoms with Crippen molar-refractivity contribution in [1.29, 1.82) is 0 Å². The number of rotatable bonds is 2. The van der Waals surface area contributed by atoms with Crippen LogP contribution in [-0.4, -0.2) is 37.2 Å². The normalized spacial score (nSPS) is 25.3. The van der Waals surface area contributed by atoms with Gasteiger partial charge in [0.2, 0.25) is 0 Å². The Balaban J connectivity index is 2.37. The Morgan fingerprint density at radius 1 is 1.62 bits per heavy atom. The first kappa shape index (κ1) is 10.6. The number of likely N-dealkylation sites (tertiary alicyclic amines) is 1. The van der Waals surface area contributed by atoms with Crippen molar-refractivity contribution < 1.29 is 4.74 Å². The van der Waals surface area contributed by atoms with Crippen molar-refractivity contribution in [3.63, 3.8) is 0 Å². The van der Waals surface area contributed by atoms with E-state index in [9.17, 15) is 0 Å². The minimum absolute atomic E-state index is 0.389. The minimum atomic E-state index is 0.389. The Morgan fingerprint density at radius 2 is 2.38 bits per heavy atom. The molecule has 0 aromatic carbocycles. The molecule has 74 valence electrons. The van der Waals surface area contributed by atoms with Gasteiger partial charge >= 0.3 is 0 Å². The van der Waals surface area contributed by atoms with Crippen molar-refractivity contribution in [3.05, 3.63) is 0 Å². The third-order valence-corrected chi connectivity index (χ3v) is 2.55. The molecule has 0 aromatic rings. The van der Waals surface area contributed by atoms with Gasteiger partial charge in [0.1, 0.15) is 0 Å². The average Bonchev–Trinajstić information content (AvgIpc) is 2.62. The molecule has 2 atom stereocenters. The molecule has 1 heterocycles. The molecule has 1 rings (SSSR count). The molecule has 1 saturated heterocycles. The summed E-state index contributed by atoms with van der Waals surface area (Å²) < 4.78 is 5.31. The van der Waals surface area contributed by atoms with Gasteiger partial charge in [0.15, 0.2) is 0 Å². The lowest BCUT2D eigenvalue weighted by molar-refractivity contribution is 0.106. The van der Waals surface area contributed by atoms with Crippen LogP contribution in [0.1, 0.15) is 26.7 Å². The fraction of sp³-hybridized carbons (Fsp3) is 0.818. The molecule has 1 aliphatic heterocycles. The first-order valence-electron chi connectivity index (χ1n) is 5.03. The molecule has 1 aliphatic rings. The average molecular weight is 181 g/mol. The van der Waals surface area contributed by atoms with Crippen molar-refractivity contribution in [1.82, 2.24) is 4.90 Å². The fourth-order valence-corrected chi connectivity index (χ4v) is 1.64. The number of hydrogen-bond donors (Lipinski definition) is 0. The van der Waals surface area contributed by atoms with Gasteiger partial charge in [0.25, 0.3) is 0 Å². The zero-order valence-electron chi connectivity index (χ0n) is 8.84. The van der Waals surface area contributed by atoms with E-state index in [2.05, 4.69) is 30.6 Å². The van der Waals surface area contributed by atoms with Gasteiger partial charge in [0.05, 0.1) is 12.1 Å². The van der Waals surface area contributed by atoms with E-state index < -0.39 is 0 Å². The van der Waals surface area contributed by atoms with Crippen LogP contribution < -0.4 is 0 Å². The van der Waals surface area contributed by atoms with Gasteiger partial charge in [-0.3, -0.25) is 4.90 Å². The Kier molecular flexibility index (Phi) is 4.27. The summed E-state index contributed by atoms with van der Waals surface area (Å²) >= 11 is 0. The second-order valence-corrected chi connectivity index (χ2v) is 3.49. The Bertz CT molecular complexity index is 204. The highest BCUT2D eigenvalue weighted by Crippen LogP contribution is 2.14. The summed E-state index contributed by atoms with van der Waals surface area (Å²) in [5, 5.41) is 0. The summed E-state index contributed by atoms with van der Waals surface area (Å²) in [6, 6.07) is 0.389. The summed E-state index contributed by atoms with van der Waals surface area (Å²) in [5.74, 6) is 6.36. The predicted molar refractivity (Wildman–Crippen MR) is 54.5 cm³/mol. The van der Waals surface area contributed by atoms with E-state index >= 15 is 0 Å². The number of methoxy groups -OCH3 is 1. The maximum absolute atomic E-state index is 5.31. The van der Waals surface area contributed by atoms with Gasteiger partial charge in [-0.05, 0) is 13.3 Å². The molecule has 2 nitrogen and oxygen atoms in total. The van der Waals surface area contributed by atoms with E-state index in [1.54, 1.807) is 7.11 Å². The second-order valence-electron chi connectivity index (χ2n) is 3.49. The summed E-state index contributed by atoms with van der Waals surface area (Å²) in [5.41, 5.74) is 0. The van der Waals surface area contributed by atoms with Gasteiger partial charge in [-0.1, -0.05) is 12.8 Å². The van der Waals surface area contributed by atoms with E-state index in [0.29, 0.717) is 12.1 Å². The Labute approximate surface area is 81.3 Å². The van der Waals surface area contributed by atoms with Gasteiger partial charge in [0, 0.05) is 26.6 Å². The predicted octanol–water partition coefficient (Wildman–Crippen LogP) is 1.51. The first-order chi connectivity index (χ1) is 6.27. The standard InChI is InChI=1S/C11H19NO/c1-4-5-6-10(2)12-8-7-11(9-12)13-3/h10-11H,4,7-9H2,1-3H3/t10?,11-/m1/s1. The van der Waals surface area contributed by atoms with Gasteiger partial charge in [-0.25, -0.2) is 0 Å². The molecule has 0 saturated carbocycles. The molecule has 1 fully saturated rings. The molecular formula is C11H19NO. The number of ether oxygens (including phenoxy) is 1. The Morgan fingerprint density at radius 3 is 2.92 bits per heavy atom. The van der Waals surface area contributed by atoms with Crippen LogP contribution in [0, 0.1) is 11.8 Å². The molecule has 1 unspecified atom stereocenters. The maximum atomic E-state index is 5.31. The largest absolute Gasteiger partial charge is 0.380 e. The van der Waals surface area contributed by atoms with Crippen molar-refractivity contribution in [2.75, 3.05) is 20.2 Å². The molecule has 2 heteroatoms. The van der Waals surface area contributed by atoms with Gasteiger partial charge in [-0.15, -0.1) is 5.92 Å². The molecule has 0 amide bonds. The van der Waals surface area contributed by atoms with E-state index in [1.165, 1.54) is 0 Å². The summed E-state index contributed by atoms with van der Waals surface area (Å²) in [4.78, 5) is 2.39. The maximum Gasteiger partial charge on any atom is 0.0710 e. The highest BCUT2D eigenvalue weighted by atomic mass is 16.5. The molecule has 0 N–H and O–H groups in total. The van der Waals surface area contributed by atoms with E-state index in [1.807, 2.05) is 0 Å². The van der Waals surface area contributed by atoms with Crippen LogP contribution >= 0.6 is 0 Å². The molecule has 0 bridgehead atoms. The molecule has 0 spiro atoms. The van der Waals surface area contributed by atoms with Crippen LogP contribution in [0.5, 0.6) is 0 Å². The smallest absolute Gasteiger partial charge is 0.0710 e. The molecule has 0 radical (unpaired) electrons. The Hall–Kier alpha value is -0.520. The van der Waals surface area contributed by atoms with E-state index in [0.717, 1.165) is 25.9 Å². The van der Waals surface area contributed by atoms with Crippen molar-refractivity contribution in [3.8, 4) is 11.8 Å². The SMILES string of the molecule is CCC#CC(C)N1CC[C@@H](OC)C1. The molecule has 0 aromatic heterocycles. The highest BCUT2D eigenvalue weighted by molar-refractivity contribution is 5.07. The zero-order chi connectivity index (χ0) is 9.68. The zero-order valence-corrected chi connectivity index (χ0v) is 8.84. The van der Waals surface area contributed by atoms with Crippen LogP contribution in [0.15, 0.2) is 0 Å². The quantitative estimate of drug-likeness (QED) is 0.599. The number of nitrogens with zero attached hydrogens (tertiary/aromatic N) is 1. The van der Waals surface area contributed by atoms with Gasteiger partial charge in [-0.2, -0.15) is 0 Å². The van der Waals surface area contributed by atoms with Crippen LogP contribution in [0.3, 0.4) is 0 Å². The van der Waals surface area contributed by atoms with Crippen molar-refractivity contribution in [2.24, 2.45) is 0 Å². The van der Waals surface area contributed by atoms with Crippen LogP contribution in [0.25, 0.3) is 0 Å². The van der Waals surface area contributed by atoms with Crippen LogP contribution in [0.4, 0.5) is 0 Å². The van der Waals surface area contributed by atoms with E-state index in [-0.39, 0.29) is 0 Å². The van der Waals surface area contributed by atoms with Gasteiger partial charge < -0.3 is 4.74 Å². The fourth-order valence-electron chi connectivity index (χ4n) is 1.64.